The highest BCUT2D eigenvalue weighted by molar-refractivity contribution is 5.53. The van der Waals surface area contributed by atoms with Gasteiger partial charge >= 0.3 is 0 Å². The third-order valence-electron chi connectivity index (χ3n) is 7.97. The van der Waals surface area contributed by atoms with Gasteiger partial charge in [0.15, 0.2) is 0 Å². The number of hydrogen-bond donors (Lipinski definition) is 2. The molecule has 0 heterocycles. The van der Waals surface area contributed by atoms with Gasteiger partial charge in [-0.1, -0.05) is 59.7 Å². The highest BCUT2D eigenvalue weighted by atomic mass is 16.3. The summed E-state index contributed by atoms with van der Waals surface area (Å²) in [6.45, 7) is 17.0. The first-order valence-corrected chi connectivity index (χ1v) is 13.2. The summed E-state index contributed by atoms with van der Waals surface area (Å²) >= 11 is 0. The van der Waals surface area contributed by atoms with E-state index in [0.717, 1.165) is 33.4 Å². The molecule has 0 atom stereocenters. The molecule has 0 aliphatic rings. The van der Waals surface area contributed by atoms with Crippen molar-refractivity contribution in [3.63, 3.8) is 0 Å². The van der Waals surface area contributed by atoms with E-state index in [1.807, 2.05) is 12.1 Å². The van der Waals surface area contributed by atoms with Crippen molar-refractivity contribution in [1.29, 1.82) is 0 Å². The van der Waals surface area contributed by atoms with Crippen molar-refractivity contribution in [3.05, 3.63) is 126 Å². The standard InChI is InChI=1S/C35H40O2/c1-20-9-30(17-28-13-22(3)26(7)23(4)14-28)34(36)32(11-20)19-33-12-21(2)10-31(35(33)37)18-29-15-24(5)27(8)25(6)16-29/h9-16,36-37H,17-19H2,1-8H3. The Labute approximate surface area is 222 Å². The van der Waals surface area contributed by atoms with Crippen LogP contribution in [-0.2, 0) is 19.3 Å². The Morgan fingerprint density at radius 2 is 0.676 bits per heavy atom. The molecule has 4 aromatic rings. The van der Waals surface area contributed by atoms with E-state index in [0.29, 0.717) is 30.8 Å². The summed E-state index contributed by atoms with van der Waals surface area (Å²) in [5, 5.41) is 22.6. The molecule has 0 saturated heterocycles. The van der Waals surface area contributed by atoms with Gasteiger partial charge in [-0.05, 0) is 122 Å². The third kappa shape index (κ3) is 5.74. The molecule has 0 saturated carbocycles. The first-order chi connectivity index (χ1) is 17.4. The van der Waals surface area contributed by atoms with Crippen molar-refractivity contribution in [2.75, 3.05) is 0 Å². The van der Waals surface area contributed by atoms with Crippen LogP contribution in [-0.4, -0.2) is 10.2 Å². The van der Waals surface area contributed by atoms with Crippen molar-refractivity contribution in [2.45, 2.75) is 74.7 Å². The Kier molecular flexibility index (Phi) is 7.50. The first kappa shape index (κ1) is 26.5. The van der Waals surface area contributed by atoms with Gasteiger partial charge in [-0.3, -0.25) is 0 Å². The second-order valence-electron chi connectivity index (χ2n) is 11.1. The van der Waals surface area contributed by atoms with E-state index in [-0.39, 0.29) is 0 Å². The van der Waals surface area contributed by atoms with Gasteiger partial charge < -0.3 is 10.2 Å². The van der Waals surface area contributed by atoms with Crippen LogP contribution in [0.15, 0.2) is 48.5 Å². The fraction of sp³-hybridized carbons (Fsp3) is 0.314. The van der Waals surface area contributed by atoms with Gasteiger partial charge in [0.1, 0.15) is 11.5 Å². The molecule has 0 unspecified atom stereocenters. The maximum Gasteiger partial charge on any atom is 0.122 e. The SMILES string of the molecule is Cc1cc(Cc2cc(C)c(C)c(C)c2)c(O)c(Cc2cc(C)cc(Cc3cc(C)c(C)c(C)c3)c2O)c1. The zero-order valence-corrected chi connectivity index (χ0v) is 23.6. The van der Waals surface area contributed by atoms with Crippen LogP contribution in [0.25, 0.3) is 0 Å². The Morgan fingerprint density at radius 1 is 0.405 bits per heavy atom. The number of phenolic OH excluding ortho intramolecular Hbond substituents is 2. The zero-order valence-electron chi connectivity index (χ0n) is 23.6. The number of rotatable bonds is 6. The van der Waals surface area contributed by atoms with Crippen molar-refractivity contribution in [1.82, 2.24) is 0 Å². The minimum Gasteiger partial charge on any atom is -0.507 e. The summed E-state index contributed by atoms with van der Waals surface area (Å²) < 4.78 is 0. The lowest BCUT2D eigenvalue weighted by molar-refractivity contribution is 0.456. The molecule has 0 spiro atoms. The fourth-order valence-corrected chi connectivity index (χ4v) is 5.51. The van der Waals surface area contributed by atoms with E-state index >= 15 is 0 Å². The summed E-state index contributed by atoms with van der Waals surface area (Å²) in [5.41, 5.74) is 15.9. The molecule has 2 nitrogen and oxygen atoms in total. The Morgan fingerprint density at radius 3 is 0.973 bits per heavy atom. The van der Waals surface area contributed by atoms with Crippen LogP contribution in [0.2, 0.25) is 0 Å². The van der Waals surface area contributed by atoms with Crippen molar-refractivity contribution < 1.29 is 10.2 Å². The normalized spacial score (nSPS) is 11.2. The molecule has 2 heteroatoms. The van der Waals surface area contributed by atoms with Gasteiger partial charge in [0.2, 0.25) is 0 Å². The summed E-state index contributed by atoms with van der Waals surface area (Å²) in [5.74, 6) is 0.655. The van der Waals surface area contributed by atoms with Crippen LogP contribution in [0, 0.1) is 55.4 Å². The Balaban J connectivity index is 1.67. The lowest BCUT2D eigenvalue weighted by Gasteiger charge is -2.16. The number of benzene rings is 4. The molecule has 2 N–H and O–H groups in total. The van der Waals surface area contributed by atoms with E-state index in [1.165, 1.54) is 44.5 Å². The minimum absolute atomic E-state index is 0.328. The number of aryl methyl sites for hydroxylation is 6. The van der Waals surface area contributed by atoms with Crippen LogP contribution < -0.4 is 0 Å². The minimum atomic E-state index is 0.328. The zero-order chi connectivity index (χ0) is 27.0. The van der Waals surface area contributed by atoms with Gasteiger partial charge in [0.05, 0.1) is 0 Å². The van der Waals surface area contributed by atoms with E-state index in [9.17, 15) is 10.2 Å². The monoisotopic (exact) mass is 492 g/mol. The largest absolute Gasteiger partial charge is 0.507 e. The van der Waals surface area contributed by atoms with Crippen molar-refractivity contribution in [2.24, 2.45) is 0 Å². The number of phenols is 2. The van der Waals surface area contributed by atoms with Gasteiger partial charge in [0, 0.05) is 19.3 Å². The molecule has 4 rings (SSSR count). The topological polar surface area (TPSA) is 40.5 Å². The average molecular weight is 493 g/mol. The van der Waals surface area contributed by atoms with Gasteiger partial charge in [0.25, 0.3) is 0 Å². The molecule has 0 radical (unpaired) electrons. The van der Waals surface area contributed by atoms with E-state index in [2.05, 4.69) is 91.8 Å². The molecule has 0 aliphatic carbocycles. The lowest BCUT2D eigenvalue weighted by atomic mass is 9.91. The van der Waals surface area contributed by atoms with Crippen LogP contribution >= 0.6 is 0 Å². The Bertz CT molecular complexity index is 1330. The molecule has 37 heavy (non-hydrogen) atoms. The molecular formula is C35H40O2. The number of hydrogen-bond acceptors (Lipinski definition) is 2. The second kappa shape index (κ2) is 10.5. The smallest absolute Gasteiger partial charge is 0.122 e. The van der Waals surface area contributed by atoms with Crippen molar-refractivity contribution in [3.8, 4) is 11.5 Å². The molecule has 0 aromatic heterocycles. The molecule has 0 aliphatic heterocycles. The molecule has 0 bridgehead atoms. The fourth-order valence-electron chi connectivity index (χ4n) is 5.51. The number of aromatic hydroxyl groups is 2. The maximum atomic E-state index is 11.3. The predicted octanol–water partition coefficient (Wildman–Crippen LogP) is 8.34. The molecule has 0 amide bonds. The third-order valence-corrected chi connectivity index (χ3v) is 7.97. The summed E-state index contributed by atoms with van der Waals surface area (Å²) in [6, 6.07) is 17.1. The van der Waals surface area contributed by atoms with E-state index in [1.54, 1.807) is 0 Å². The molecule has 192 valence electrons. The maximum absolute atomic E-state index is 11.3. The van der Waals surface area contributed by atoms with Crippen LogP contribution in [0.3, 0.4) is 0 Å². The van der Waals surface area contributed by atoms with Crippen LogP contribution in [0.5, 0.6) is 11.5 Å². The van der Waals surface area contributed by atoms with Gasteiger partial charge in [-0.15, -0.1) is 0 Å². The highest BCUT2D eigenvalue weighted by Gasteiger charge is 2.16. The van der Waals surface area contributed by atoms with E-state index < -0.39 is 0 Å². The predicted molar refractivity (Wildman–Crippen MR) is 155 cm³/mol. The Hall–Kier alpha value is -3.52. The summed E-state index contributed by atoms with van der Waals surface area (Å²) in [4.78, 5) is 0. The summed E-state index contributed by atoms with van der Waals surface area (Å²) in [7, 11) is 0. The second-order valence-corrected chi connectivity index (χ2v) is 11.1. The highest BCUT2D eigenvalue weighted by Crippen LogP contribution is 2.34. The summed E-state index contributed by atoms with van der Waals surface area (Å²) in [6.07, 6.45) is 1.85. The quantitative estimate of drug-likeness (QED) is 0.284. The van der Waals surface area contributed by atoms with Crippen molar-refractivity contribution >= 4 is 0 Å². The molecule has 4 aromatic carbocycles. The average Bonchev–Trinajstić information content (AvgIpc) is 2.81. The molecular weight excluding hydrogens is 452 g/mol. The van der Waals surface area contributed by atoms with E-state index in [4.69, 9.17) is 0 Å². The lowest BCUT2D eigenvalue weighted by Crippen LogP contribution is -2.00. The first-order valence-electron chi connectivity index (χ1n) is 13.2. The van der Waals surface area contributed by atoms with Crippen LogP contribution in [0.4, 0.5) is 0 Å². The van der Waals surface area contributed by atoms with Gasteiger partial charge in [-0.2, -0.15) is 0 Å². The molecule has 0 fully saturated rings. The van der Waals surface area contributed by atoms with Crippen LogP contribution in [0.1, 0.15) is 77.9 Å². The van der Waals surface area contributed by atoms with Gasteiger partial charge in [-0.25, -0.2) is 0 Å².